The van der Waals surface area contributed by atoms with Gasteiger partial charge in [0.15, 0.2) is 5.78 Å². The number of rotatable bonds is 2. The molecule has 1 aromatic rings. The van der Waals surface area contributed by atoms with Crippen molar-refractivity contribution in [2.24, 2.45) is 0 Å². The van der Waals surface area contributed by atoms with Crippen LogP contribution in [0.25, 0.3) is 0 Å². The molecule has 0 bridgehead atoms. The van der Waals surface area contributed by atoms with Crippen molar-refractivity contribution in [3.63, 3.8) is 0 Å². The number of Topliss-reactive ketones (excluding diaryl/α,β-unsaturated/α-hetero) is 1. The summed E-state index contributed by atoms with van der Waals surface area (Å²) in [7, 11) is -0.363. The first kappa shape index (κ1) is 12.8. The number of ketones is 1. The lowest BCUT2D eigenvalue weighted by molar-refractivity contribution is 0.00578. The highest BCUT2D eigenvalue weighted by Crippen LogP contribution is 2.36. The summed E-state index contributed by atoms with van der Waals surface area (Å²) in [5, 5.41) is 1.85. The van der Waals surface area contributed by atoms with E-state index in [-0.39, 0.29) is 24.1 Å². The van der Waals surface area contributed by atoms with Crippen LogP contribution in [0.5, 0.6) is 0 Å². The van der Waals surface area contributed by atoms with E-state index < -0.39 is 0 Å². The van der Waals surface area contributed by atoms with E-state index >= 15 is 0 Å². The lowest BCUT2D eigenvalue weighted by atomic mass is 9.87. The molecule has 0 spiro atoms. The standard InChI is InChI=1S/C12H17BO3S/c1-8(14)9-6-10(17-7-9)13-15-11(2,3)12(4,5)16-13/h6-7H,1-5H3. The van der Waals surface area contributed by atoms with Crippen LogP contribution in [0.3, 0.4) is 0 Å². The maximum absolute atomic E-state index is 11.3. The summed E-state index contributed by atoms with van der Waals surface area (Å²) in [5.74, 6) is 0.0732. The maximum Gasteiger partial charge on any atom is 0.505 e. The van der Waals surface area contributed by atoms with E-state index in [0.29, 0.717) is 0 Å². The van der Waals surface area contributed by atoms with Crippen molar-refractivity contribution in [3.05, 3.63) is 17.0 Å². The van der Waals surface area contributed by atoms with E-state index in [9.17, 15) is 4.79 Å². The van der Waals surface area contributed by atoms with E-state index in [1.54, 1.807) is 6.92 Å². The maximum atomic E-state index is 11.3. The Morgan fingerprint density at radius 3 is 2.18 bits per heavy atom. The van der Waals surface area contributed by atoms with E-state index in [1.165, 1.54) is 11.3 Å². The summed E-state index contributed by atoms with van der Waals surface area (Å²) in [6, 6.07) is 1.86. The summed E-state index contributed by atoms with van der Waals surface area (Å²) in [5.41, 5.74) is 0.0514. The van der Waals surface area contributed by atoms with E-state index in [2.05, 4.69) is 0 Å². The third kappa shape index (κ3) is 2.19. The van der Waals surface area contributed by atoms with Crippen LogP contribution in [0.15, 0.2) is 11.4 Å². The monoisotopic (exact) mass is 252 g/mol. The van der Waals surface area contributed by atoms with Gasteiger partial charge in [0.25, 0.3) is 0 Å². The summed E-state index contributed by atoms with van der Waals surface area (Å²) < 4.78 is 12.8. The minimum atomic E-state index is -0.363. The molecule has 1 fully saturated rings. The molecule has 0 amide bonds. The normalized spacial score (nSPS) is 21.8. The van der Waals surface area contributed by atoms with Gasteiger partial charge in [-0.15, -0.1) is 0 Å². The van der Waals surface area contributed by atoms with Crippen LogP contribution in [-0.4, -0.2) is 24.1 Å². The van der Waals surface area contributed by atoms with Gasteiger partial charge in [0.1, 0.15) is 0 Å². The molecule has 2 rings (SSSR count). The van der Waals surface area contributed by atoms with Crippen LogP contribution < -0.4 is 4.78 Å². The predicted octanol–water partition coefficient (Wildman–Crippen LogP) is 2.25. The second-order valence-electron chi connectivity index (χ2n) is 5.38. The fourth-order valence-electron chi connectivity index (χ4n) is 1.62. The van der Waals surface area contributed by atoms with Crippen LogP contribution in [-0.2, 0) is 9.31 Å². The molecule has 92 valence electrons. The fourth-order valence-corrected chi connectivity index (χ4v) is 2.52. The van der Waals surface area contributed by atoms with Crippen molar-refractivity contribution in [2.45, 2.75) is 45.8 Å². The molecular formula is C12H17BO3S. The second kappa shape index (κ2) is 3.94. The highest BCUT2D eigenvalue weighted by Gasteiger charge is 2.52. The molecule has 3 nitrogen and oxygen atoms in total. The number of hydrogen-bond donors (Lipinski definition) is 0. The molecule has 0 saturated carbocycles. The number of carbonyl (C=O) groups excluding carboxylic acids is 1. The molecule has 0 radical (unpaired) electrons. The highest BCUT2D eigenvalue weighted by molar-refractivity contribution is 7.21. The Morgan fingerprint density at radius 1 is 1.24 bits per heavy atom. The number of thiophene rings is 1. The van der Waals surface area contributed by atoms with E-state index in [1.807, 2.05) is 39.1 Å². The van der Waals surface area contributed by atoms with Crippen molar-refractivity contribution in [2.75, 3.05) is 0 Å². The Morgan fingerprint density at radius 2 is 1.76 bits per heavy atom. The van der Waals surface area contributed by atoms with Crippen molar-refractivity contribution in [1.29, 1.82) is 0 Å². The first-order valence-electron chi connectivity index (χ1n) is 5.68. The Labute approximate surface area is 106 Å². The van der Waals surface area contributed by atoms with E-state index in [0.717, 1.165) is 10.3 Å². The topological polar surface area (TPSA) is 35.5 Å². The van der Waals surface area contributed by atoms with Gasteiger partial charge < -0.3 is 9.31 Å². The number of hydrogen-bond acceptors (Lipinski definition) is 4. The third-order valence-electron chi connectivity index (χ3n) is 3.51. The Balaban J connectivity index is 2.23. The summed E-state index contributed by atoms with van der Waals surface area (Å²) >= 11 is 1.51. The highest BCUT2D eigenvalue weighted by atomic mass is 32.1. The minimum absolute atomic E-state index is 0.0732. The molecule has 1 aliphatic rings. The Kier molecular flexibility index (Phi) is 2.96. The molecular weight excluding hydrogens is 235 g/mol. The zero-order valence-electron chi connectivity index (χ0n) is 10.9. The molecule has 5 heteroatoms. The summed E-state index contributed by atoms with van der Waals surface area (Å²) in [6.07, 6.45) is 0. The molecule has 1 aromatic heterocycles. The SMILES string of the molecule is CC(=O)c1csc(B2OC(C)(C)C(C)(C)O2)c1. The van der Waals surface area contributed by atoms with Gasteiger partial charge in [-0.1, -0.05) is 0 Å². The van der Waals surface area contributed by atoms with Crippen LogP contribution >= 0.6 is 11.3 Å². The van der Waals surface area contributed by atoms with Crippen molar-refractivity contribution >= 4 is 29.0 Å². The van der Waals surface area contributed by atoms with Gasteiger partial charge in [-0.2, -0.15) is 11.3 Å². The average Bonchev–Trinajstić information content (AvgIpc) is 2.70. The van der Waals surface area contributed by atoms with Gasteiger partial charge in [-0.05, 0) is 40.7 Å². The van der Waals surface area contributed by atoms with Gasteiger partial charge in [0.2, 0.25) is 0 Å². The molecule has 2 heterocycles. The quantitative estimate of drug-likeness (QED) is 0.598. The first-order chi connectivity index (χ1) is 7.73. The van der Waals surface area contributed by atoms with Gasteiger partial charge in [0, 0.05) is 15.7 Å². The zero-order valence-corrected chi connectivity index (χ0v) is 11.7. The van der Waals surface area contributed by atoms with Crippen molar-refractivity contribution in [3.8, 4) is 0 Å². The average molecular weight is 252 g/mol. The van der Waals surface area contributed by atoms with Gasteiger partial charge in [-0.3, -0.25) is 4.79 Å². The zero-order chi connectivity index (χ0) is 12.8. The lowest BCUT2D eigenvalue weighted by Gasteiger charge is -2.32. The first-order valence-corrected chi connectivity index (χ1v) is 6.56. The van der Waals surface area contributed by atoms with Gasteiger partial charge in [-0.25, -0.2) is 0 Å². The molecule has 0 unspecified atom stereocenters. The largest absolute Gasteiger partial charge is 0.505 e. The third-order valence-corrected chi connectivity index (χ3v) is 4.47. The minimum Gasteiger partial charge on any atom is -0.399 e. The smallest absolute Gasteiger partial charge is 0.399 e. The van der Waals surface area contributed by atoms with Crippen LogP contribution in [0, 0.1) is 0 Å². The molecule has 0 aliphatic carbocycles. The van der Waals surface area contributed by atoms with Crippen LogP contribution in [0.2, 0.25) is 0 Å². The molecule has 17 heavy (non-hydrogen) atoms. The molecule has 1 saturated heterocycles. The van der Waals surface area contributed by atoms with E-state index in [4.69, 9.17) is 9.31 Å². The Hall–Kier alpha value is -0.645. The lowest BCUT2D eigenvalue weighted by Crippen LogP contribution is -2.41. The molecule has 0 N–H and O–H groups in total. The summed E-state index contributed by atoms with van der Waals surface area (Å²) in [6.45, 7) is 9.65. The van der Waals surface area contributed by atoms with Crippen molar-refractivity contribution in [1.82, 2.24) is 0 Å². The van der Waals surface area contributed by atoms with Crippen LogP contribution in [0.1, 0.15) is 45.0 Å². The molecule has 1 aliphatic heterocycles. The second-order valence-corrected chi connectivity index (χ2v) is 6.32. The van der Waals surface area contributed by atoms with Gasteiger partial charge in [0.05, 0.1) is 11.2 Å². The Bertz CT molecular complexity index is 434. The predicted molar refractivity (Wildman–Crippen MR) is 70.0 cm³/mol. The van der Waals surface area contributed by atoms with Gasteiger partial charge >= 0.3 is 7.12 Å². The van der Waals surface area contributed by atoms with Crippen molar-refractivity contribution < 1.29 is 14.1 Å². The molecule has 0 atom stereocenters. The van der Waals surface area contributed by atoms with Crippen LogP contribution in [0.4, 0.5) is 0 Å². The fraction of sp³-hybridized carbons (Fsp3) is 0.583. The summed E-state index contributed by atoms with van der Waals surface area (Å²) in [4.78, 5) is 11.3. The molecule has 0 aromatic carbocycles. The number of carbonyl (C=O) groups is 1.